The lowest BCUT2D eigenvalue weighted by Crippen LogP contribution is -2.53. The Bertz CT molecular complexity index is 1130. The van der Waals surface area contributed by atoms with Gasteiger partial charge in [0, 0.05) is 19.0 Å². The largest absolute Gasteiger partial charge is 0.352 e. The lowest BCUT2D eigenvalue weighted by molar-refractivity contribution is -0.141. The summed E-state index contributed by atoms with van der Waals surface area (Å²) >= 11 is 0. The molecular weight excluding hydrogens is 444 g/mol. The normalized spacial score (nSPS) is 14.7. The van der Waals surface area contributed by atoms with Crippen LogP contribution in [0.3, 0.4) is 0 Å². The summed E-state index contributed by atoms with van der Waals surface area (Å²) in [6.07, 6.45) is 6.31. The molecule has 0 aromatic heterocycles. The van der Waals surface area contributed by atoms with Crippen LogP contribution >= 0.6 is 0 Å². The first kappa shape index (κ1) is 25.7. The van der Waals surface area contributed by atoms with Crippen LogP contribution in [0.2, 0.25) is 0 Å². The Hall–Kier alpha value is -3.40. The number of nitrogens with one attached hydrogen (secondary N) is 1. The molecule has 0 radical (unpaired) electrons. The van der Waals surface area contributed by atoms with Gasteiger partial charge in [-0.25, -0.2) is 0 Å². The quantitative estimate of drug-likeness (QED) is 0.411. The van der Waals surface area contributed by atoms with E-state index in [1.165, 1.54) is 6.42 Å². The maximum absolute atomic E-state index is 13.9. The highest BCUT2D eigenvalue weighted by Crippen LogP contribution is 2.21. The van der Waals surface area contributed by atoms with Crippen LogP contribution in [0, 0.1) is 13.8 Å². The fourth-order valence-electron chi connectivity index (χ4n) is 5.05. The van der Waals surface area contributed by atoms with Crippen LogP contribution in [0.1, 0.15) is 59.9 Å². The zero-order valence-electron chi connectivity index (χ0n) is 21.6. The van der Waals surface area contributed by atoms with Crippen LogP contribution in [0.4, 0.5) is 0 Å². The number of carbonyl (C=O) groups excluding carboxylic acids is 2. The molecule has 36 heavy (non-hydrogen) atoms. The molecule has 0 saturated heterocycles. The number of nitrogens with zero attached hydrogens (tertiary/aromatic N) is 1. The summed E-state index contributed by atoms with van der Waals surface area (Å²) in [6, 6.07) is 25.9. The predicted octanol–water partition coefficient (Wildman–Crippen LogP) is 5.93. The maximum Gasteiger partial charge on any atom is 0.243 e. The van der Waals surface area contributed by atoms with Gasteiger partial charge in [-0.1, -0.05) is 104 Å². The molecule has 0 unspecified atom stereocenters. The molecule has 0 aliphatic heterocycles. The molecule has 1 aliphatic rings. The topological polar surface area (TPSA) is 49.4 Å². The number of benzene rings is 3. The third-order valence-corrected chi connectivity index (χ3v) is 7.30. The Labute approximate surface area is 215 Å². The lowest BCUT2D eigenvalue weighted by Gasteiger charge is -2.34. The van der Waals surface area contributed by atoms with Gasteiger partial charge in [0.15, 0.2) is 0 Å². The van der Waals surface area contributed by atoms with E-state index in [4.69, 9.17) is 0 Å². The van der Waals surface area contributed by atoms with Gasteiger partial charge in [-0.15, -0.1) is 0 Å². The van der Waals surface area contributed by atoms with E-state index in [2.05, 4.69) is 24.4 Å². The minimum atomic E-state index is -0.577. The smallest absolute Gasteiger partial charge is 0.243 e. The van der Waals surface area contributed by atoms with Gasteiger partial charge >= 0.3 is 0 Å². The van der Waals surface area contributed by atoms with Crippen LogP contribution in [0.25, 0.3) is 0 Å². The van der Waals surface area contributed by atoms with E-state index in [9.17, 15) is 9.59 Å². The van der Waals surface area contributed by atoms with Gasteiger partial charge in [0.05, 0.1) is 6.42 Å². The third kappa shape index (κ3) is 7.07. The highest BCUT2D eigenvalue weighted by molar-refractivity contribution is 5.89. The number of aryl methyl sites for hydroxylation is 2. The Morgan fingerprint density at radius 3 is 2.19 bits per heavy atom. The van der Waals surface area contributed by atoms with E-state index in [0.29, 0.717) is 13.0 Å². The standard InChI is InChI=1S/C32H38N2O2/c1-24-17-19-27(20-18-24)22-31(35)34(23-28-14-10-9-11-25(28)2)30(21-26-12-5-3-6-13-26)32(36)33-29-15-7-4-8-16-29/h3,5-6,9-14,17-20,29-30H,4,7-8,15-16,21-23H2,1-2H3,(H,33,36)/t30-/m1/s1. The molecule has 2 amide bonds. The summed E-state index contributed by atoms with van der Waals surface area (Å²) in [5, 5.41) is 3.31. The van der Waals surface area contributed by atoms with Crippen molar-refractivity contribution in [2.45, 2.75) is 77.4 Å². The summed E-state index contributed by atoms with van der Waals surface area (Å²) in [7, 11) is 0. The SMILES string of the molecule is Cc1ccc(CC(=O)N(Cc2ccccc2C)[C@H](Cc2ccccc2)C(=O)NC2CCCCC2)cc1. The Morgan fingerprint density at radius 1 is 0.833 bits per heavy atom. The van der Waals surface area contributed by atoms with E-state index < -0.39 is 6.04 Å². The molecule has 4 rings (SSSR count). The Kier molecular flexibility index (Phi) is 8.94. The van der Waals surface area contributed by atoms with Crippen molar-refractivity contribution in [3.63, 3.8) is 0 Å². The van der Waals surface area contributed by atoms with Crippen LogP contribution < -0.4 is 5.32 Å². The van der Waals surface area contributed by atoms with Crippen molar-refractivity contribution >= 4 is 11.8 Å². The monoisotopic (exact) mass is 482 g/mol. The van der Waals surface area contributed by atoms with Gasteiger partial charge in [-0.2, -0.15) is 0 Å². The van der Waals surface area contributed by atoms with Crippen LogP contribution in [-0.2, 0) is 29.0 Å². The third-order valence-electron chi connectivity index (χ3n) is 7.30. The molecule has 4 heteroatoms. The zero-order valence-corrected chi connectivity index (χ0v) is 21.6. The second kappa shape index (κ2) is 12.5. The fraction of sp³-hybridized carbons (Fsp3) is 0.375. The summed E-state index contributed by atoms with van der Waals surface area (Å²) in [4.78, 5) is 29.5. The molecule has 4 nitrogen and oxygen atoms in total. The fourth-order valence-corrected chi connectivity index (χ4v) is 5.05. The number of hydrogen-bond donors (Lipinski definition) is 1. The van der Waals surface area contributed by atoms with Crippen molar-refractivity contribution in [1.82, 2.24) is 10.2 Å². The average molecular weight is 483 g/mol. The summed E-state index contributed by atoms with van der Waals surface area (Å²) in [5.74, 6) is -0.0709. The van der Waals surface area contributed by atoms with E-state index >= 15 is 0 Å². The van der Waals surface area contributed by atoms with Gasteiger partial charge in [-0.05, 0) is 48.9 Å². The van der Waals surface area contributed by atoms with Gasteiger partial charge in [0.1, 0.15) is 6.04 Å². The molecule has 188 valence electrons. The molecule has 1 aliphatic carbocycles. The highest BCUT2D eigenvalue weighted by atomic mass is 16.2. The van der Waals surface area contributed by atoms with Crippen molar-refractivity contribution < 1.29 is 9.59 Å². The molecule has 0 bridgehead atoms. The first-order valence-corrected chi connectivity index (χ1v) is 13.2. The molecule has 0 heterocycles. The van der Waals surface area contributed by atoms with E-state index in [1.807, 2.05) is 78.6 Å². The number of rotatable bonds is 9. The van der Waals surface area contributed by atoms with Gasteiger partial charge in [0.25, 0.3) is 0 Å². The van der Waals surface area contributed by atoms with E-state index in [0.717, 1.165) is 53.5 Å². The first-order chi connectivity index (χ1) is 17.5. The van der Waals surface area contributed by atoms with Gasteiger partial charge < -0.3 is 10.2 Å². The van der Waals surface area contributed by atoms with Crippen LogP contribution in [0.5, 0.6) is 0 Å². The Morgan fingerprint density at radius 2 is 1.50 bits per heavy atom. The minimum Gasteiger partial charge on any atom is -0.352 e. The molecular formula is C32H38N2O2. The molecule has 1 fully saturated rings. The van der Waals surface area contributed by atoms with E-state index in [-0.39, 0.29) is 24.3 Å². The summed E-state index contributed by atoms with van der Waals surface area (Å²) in [6.45, 7) is 4.51. The zero-order chi connectivity index (χ0) is 25.3. The van der Waals surface area contributed by atoms with Crippen molar-refractivity contribution in [2.75, 3.05) is 0 Å². The van der Waals surface area contributed by atoms with Crippen molar-refractivity contribution in [3.05, 3.63) is 107 Å². The maximum atomic E-state index is 13.9. The predicted molar refractivity (Wildman–Crippen MR) is 146 cm³/mol. The van der Waals surface area contributed by atoms with Crippen LogP contribution in [0.15, 0.2) is 78.9 Å². The van der Waals surface area contributed by atoms with Crippen molar-refractivity contribution in [1.29, 1.82) is 0 Å². The summed E-state index contributed by atoms with van der Waals surface area (Å²) in [5.41, 5.74) is 5.37. The van der Waals surface area contributed by atoms with Gasteiger partial charge in [0.2, 0.25) is 11.8 Å². The lowest BCUT2D eigenvalue weighted by atomic mass is 9.94. The highest BCUT2D eigenvalue weighted by Gasteiger charge is 2.32. The Balaban J connectivity index is 1.65. The molecule has 1 saturated carbocycles. The number of carbonyl (C=O) groups is 2. The van der Waals surface area contributed by atoms with Crippen molar-refractivity contribution in [2.24, 2.45) is 0 Å². The van der Waals surface area contributed by atoms with Gasteiger partial charge in [-0.3, -0.25) is 9.59 Å². The van der Waals surface area contributed by atoms with Crippen molar-refractivity contribution in [3.8, 4) is 0 Å². The van der Waals surface area contributed by atoms with Crippen LogP contribution in [-0.4, -0.2) is 28.8 Å². The molecule has 1 atom stereocenters. The number of amides is 2. The molecule has 3 aromatic rings. The minimum absolute atomic E-state index is 0.0261. The number of hydrogen-bond acceptors (Lipinski definition) is 2. The molecule has 1 N–H and O–H groups in total. The summed E-state index contributed by atoms with van der Waals surface area (Å²) < 4.78 is 0. The first-order valence-electron chi connectivity index (χ1n) is 13.2. The second-order valence-corrected chi connectivity index (χ2v) is 10.2. The second-order valence-electron chi connectivity index (χ2n) is 10.2. The average Bonchev–Trinajstić information content (AvgIpc) is 2.89. The van der Waals surface area contributed by atoms with E-state index in [1.54, 1.807) is 0 Å². The molecule has 0 spiro atoms. The molecule has 3 aromatic carbocycles.